The average molecular weight is 411 g/mol. The summed E-state index contributed by atoms with van der Waals surface area (Å²) in [6, 6.07) is 15.5. The van der Waals surface area contributed by atoms with Crippen molar-refractivity contribution in [2.24, 2.45) is 0 Å². The number of carbonyl (C=O) groups is 1. The molecule has 8 nitrogen and oxygen atoms in total. The number of benzene rings is 1. The van der Waals surface area contributed by atoms with E-state index in [0.717, 1.165) is 22.5 Å². The SMILES string of the molecule is CCNC(=O)c1nc2c(-c3cc(C)nc(C)c3)c(-c3ccccc3)nc(N)n2c1C#N. The van der Waals surface area contributed by atoms with Crippen LogP contribution in [0.15, 0.2) is 42.5 Å². The summed E-state index contributed by atoms with van der Waals surface area (Å²) in [7, 11) is 0. The largest absolute Gasteiger partial charge is 0.369 e. The molecule has 0 aliphatic carbocycles. The number of carbonyl (C=O) groups excluding carboxylic acids is 1. The molecule has 8 heteroatoms. The summed E-state index contributed by atoms with van der Waals surface area (Å²) in [6.45, 7) is 6.04. The number of hydrogen-bond acceptors (Lipinski definition) is 6. The Kier molecular flexibility index (Phi) is 5.09. The lowest BCUT2D eigenvalue weighted by molar-refractivity contribution is 0.0951. The smallest absolute Gasteiger partial charge is 0.272 e. The molecule has 3 aromatic heterocycles. The molecule has 4 aromatic rings. The number of hydrogen-bond donors (Lipinski definition) is 2. The van der Waals surface area contributed by atoms with Crippen molar-refractivity contribution in [2.45, 2.75) is 20.8 Å². The van der Waals surface area contributed by atoms with Crippen molar-refractivity contribution in [1.29, 1.82) is 5.26 Å². The maximum atomic E-state index is 12.6. The van der Waals surface area contributed by atoms with E-state index in [1.54, 1.807) is 6.92 Å². The Hall–Kier alpha value is -4.25. The van der Waals surface area contributed by atoms with Gasteiger partial charge < -0.3 is 11.1 Å². The summed E-state index contributed by atoms with van der Waals surface area (Å²) in [6.07, 6.45) is 0. The molecule has 154 valence electrons. The van der Waals surface area contributed by atoms with E-state index in [2.05, 4.69) is 26.3 Å². The van der Waals surface area contributed by atoms with Crippen molar-refractivity contribution in [1.82, 2.24) is 24.7 Å². The fraction of sp³-hybridized carbons (Fsp3) is 0.174. The van der Waals surface area contributed by atoms with Crippen LogP contribution in [0, 0.1) is 25.2 Å². The van der Waals surface area contributed by atoms with Crippen molar-refractivity contribution in [3.05, 3.63) is 65.2 Å². The third-order valence-corrected chi connectivity index (χ3v) is 4.87. The van der Waals surface area contributed by atoms with Gasteiger partial charge in [-0.1, -0.05) is 30.3 Å². The van der Waals surface area contributed by atoms with Gasteiger partial charge >= 0.3 is 0 Å². The normalized spacial score (nSPS) is 10.8. The lowest BCUT2D eigenvalue weighted by atomic mass is 9.99. The van der Waals surface area contributed by atoms with Gasteiger partial charge in [-0.3, -0.25) is 14.2 Å². The highest BCUT2D eigenvalue weighted by molar-refractivity contribution is 5.98. The second-order valence-electron chi connectivity index (χ2n) is 7.14. The number of nitrogen functional groups attached to an aromatic ring is 1. The number of nitrogens with zero attached hydrogens (tertiary/aromatic N) is 5. The number of imidazole rings is 1. The topological polar surface area (TPSA) is 122 Å². The van der Waals surface area contributed by atoms with Gasteiger partial charge in [-0.2, -0.15) is 5.26 Å². The second-order valence-corrected chi connectivity index (χ2v) is 7.14. The number of fused-ring (bicyclic) bond motifs is 1. The molecule has 0 fully saturated rings. The van der Waals surface area contributed by atoms with Crippen LogP contribution in [0.2, 0.25) is 0 Å². The number of rotatable bonds is 4. The van der Waals surface area contributed by atoms with Gasteiger partial charge in [0.25, 0.3) is 5.91 Å². The molecule has 0 atom stereocenters. The first-order chi connectivity index (χ1) is 14.9. The molecule has 0 unspecified atom stereocenters. The summed E-state index contributed by atoms with van der Waals surface area (Å²) in [5.41, 5.74) is 11.4. The monoisotopic (exact) mass is 411 g/mol. The van der Waals surface area contributed by atoms with Crippen LogP contribution >= 0.6 is 0 Å². The molecule has 1 amide bonds. The van der Waals surface area contributed by atoms with Crippen LogP contribution in [0.5, 0.6) is 0 Å². The molecule has 3 heterocycles. The molecule has 3 N–H and O–H groups in total. The third-order valence-electron chi connectivity index (χ3n) is 4.87. The van der Waals surface area contributed by atoms with Crippen molar-refractivity contribution in [2.75, 3.05) is 12.3 Å². The predicted molar refractivity (Wildman–Crippen MR) is 118 cm³/mol. The lowest BCUT2D eigenvalue weighted by Crippen LogP contribution is -2.24. The highest BCUT2D eigenvalue weighted by Gasteiger charge is 2.26. The van der Waals surface area contributed by atoms with E-state index >= 15 is 0 Å². The number of amides is 1. The minimum Gasteiger partial charge on any atom is -0.369 e. The average Bonchev–Trinajstić information content (AvgIpc) is 3.14. The second kappa shape index (κ2) is 7.88. The molecular weight excluding hydrogens is 390 g/mol. The van der Waals surface area contributed by atoms with E-state index in [1.165, 1.54) is 4.40 Å². The maximum absolute atomic E-state index is 12.6. The molecule has 0 bridgehead atoms. The summed E-state index contributed by atoms with van der Waals surface area (Å²) < 4.78 is 1.44. The van der Waals surface area contributed by atoms with Crippen molar-refractivity contribution >= 4 is 17.5 Å². The number of nitrogens with one attached hydrogen (secondary N) is 1. The van der Waals surface area contributed by atoms with E-state index < -0.39 is 5.91 Å². The zero-order valence-corrected chi connectivity index (χ0v) is 17.5. The Morgan fingerprint density at radius 2 is 1.77 bits per heavy atom. The molecule has 0 spiro atoms. The molecule has 0 saturated heterocycles. The van der Waals surface area contributed by atoms with Crippen LogP contribution in [0.3, 0.4) is 0 Å². The summed E-state index contributed by atoms with van der Waals surface area (Å²) in [5.74, 6) is -0.351. The zero-order valence-electron chi connectivity index (χ0n) is 17.5. The van der Waals surface area contributed by atoms with Crippen LogP contribution < -0.4 is 11.1 Å². The first-order valence-corrected chi connectivity index (χ1v) is 9.85. The van der Waals surface area contributed by atoms with E-state index in [1.807, 2.05) is 56.3 Å². The highest BCUT2D eigenvalue weighted by atomic mass is 16.1. The maximum Gasteiger partial charge on any atom is 0.272 e. The summed E-state index contributed by atoms with van der Waals surface area (Å²) in [4.78, 5) is 26.3. The molecule has 1 aromatic carbocycles. The predicted octanol–water partition coefficient (Wildman–Crippen LogP) is 3.28. The number of aryl methyl sites for hydroxylation is 2. The molecule has 0 saturated carbocycles. The van der Waals surface area contributed by atoms with Crippen LogP contribution in [0.4, 0.5) is 5.95 Å². The quantitative estimate of drug-likeness (QED) is 0.531. The van der Waals surface area contributed by atoms with Gasteiger partial charge in [0.15, 0.2) is 17.0 Å². The number of nitriles is 1. The number of nitrogens with two attached hydrogens (primary N) is 1. The summed E-state index contributed by atoms with van der Waals surface area (Å²) in [5, 5.41) is 12.5. The van der Waals surface area contributed by atoms with Gasteiger partial charge in [-0.05, 0) is 38.5 Å². The summed E-state index contributed by atoms with van der Waals surface area (Å²) >= 11 is 0. The van der Waals surface area contributed by atoms with E-state index in [0.29, 0.717) is 23.4 Å². The molecule has 4 rings (SSSR count). The lowest BCUT2D eigenvalue weighted by Gasteiger charge is -2.14. The van der Waals surface area contributed by atoms with Crippen LogP contribution in [-0.4, -0.2) is 31.8 Å². The molecule has 0 aliphatic rings. The Labute approximate surface area is 179 Å². The van der Waals surface area contributed by atoms with Crippen molar-refractivity contribution in [3.8, 4) is 28.5 Å². The van der Waals surface area contributed by atoms with Gasteiger partial charge in [-0.15, -0.1) is 0 Å². The standard InChI is InChI=1S/C23H21N7O/c1-4-26-22(31)20-17(12-24)30-21(28-20)18(16-10-13(2)27-14(3)11-16)19(29-23(30)25)15-8-6-5-7-9-15/h5-11H,4H2,1-3H3,(H2,25,29)(H,26,31). The highest BCUT2D eigenvalue weighted by Crippen LogP contribution is 2.36. The first kappa shape index (κ1) is 20.0. The number of anilines is 1. The van der Waals surface area contributed by atoms with E-state index in [-0.39, 0.29) is 17.3 Å². The Morgan fingerprint density at radius 3 is 2.39 bits per heavy atom. The Morgan fingerprint density at radius 1 is 1.10 bits per heavy atom. The van der Waals surface area contributed by atoms with Crippen molar-refractivity contribution in [3.63, 3.8) is 0 Å². The van der Waals surface area contributed by atoms with E-state index in [4.69, 9.17) is 5.73 Å². The van der Waals surface area contributed by atoms with Crippen LogP contribution in [-0.2, 0) is 0 Å². The fourth-order valence-corrected chi connectivity index (χ4v) is 3.69. The molecule has 0 radical (unpaired) electrons. The minimum atomic E-state index is -0.434. The van der Waals surface area contributed by atoms with Gasteiger partial charge in [0.05, 0.1) is 11.3 Å². The van der Waals surface area contributed by atoms with E-state index in [9.17, 15) is 10.1 Å². The molecule has 0 aliphatic heterocycles. The number of pyridine rings is 1. The van der Waals surface area contributed by atoms with Gasteiger partial charge in [0, 0.05) is 23.5 Å². The van der Waals surface area contributed by atoms with Gasteiger partial charge in [-0.25, -0.2) is 9.97 Å². The number of aromatic nitrogens is 4. The van der Waals surface area contributed by atoms with Gasteiger partial charge in [0.2, 0.25) is 5.95 Å². The zero-order chi connectivity index (χ0) is 22.1. The first-order valence-electron chi connectivity index (χ1n) is 9.85. The van der Waals surface area contributed by atoms with Crippen LogP contribution in [0.1, 0.15) is 34.5 Å². The Bertz CT molecular complexity index is 1330. The minimum absolute atomic E-state index is 0.0202. The third kappa shape index (κ3) is 3.46. The van der Waals surface area contributed by atoms with Gasteiger partial charge in [0.1, 0.15) is 6.07 Å². The fourth-order valence-electron chi connectivity index (χ4n) is 3.69. The molecular formula is C23H21N7O. The van der Waals surface area contributed by atoms with Crippen molar-refractivity contribution < 1.29 is 4.79 Å². The Balaban J connectivity index is 2.16. The van der Waals surface area contributed by atoms with Crippen LogP contribution in [0.25, 0.3) is 28.0 Å². The molecule has 31 heavy (non-hydrogen) atoms.